The van der Waals surface area contributed by atoms with Crippen molar-refractivity contribution in [2.75, 3.05) is 29.9 Å². The summed E-state index contributed by atoms with van der Waals surface area (Å²) in [5.74, 6) is 0.335. The molecular weight excluding hydrogens is 266 g/mol. The van der Waals surface area contributed by atoms with Gasteiger partial charge in [0, 0.05) is 30.3 Å². The van der Waals surface area contributed by atoms with Gasteiger partial charge in [-0.05, 0) is 50.6 Å². The van der Waals surface area contributed by atoms with Gasteiger partial charge in [-0.25, -0.2) is 0 Å². The zero-order valence-corrected chi connectivity index (χ0v) is 12.1. The third kappa shape index (κ3) is 3.24. The Morgan fingerprint density at radius 2 is 2.10 bits per heavy atom. The Balaban J connectivity index is 1.68. The van der Waals surface area contributed by atoms with Gasteiger partial charge in [-0.1, -0.05) is 6.07 Å². The lowest BCUT2D eigenvalue weighted by molar-refractivity contribution is -0.120. The molecule has 5 heteroatoms. The summed E-state index contributed by atoms with van der Waals surface area (Å²) >= 11 is 0. The van der Waals surface area contributed by atoms with E-state index in [4.69, 9.17) is 0 Å². The Morgan fingerprint density at radius 1 is 1.29 bits per heavy atom. The third-order valence-corrected chi connectivity index (χ3v) is 4.21. The van der Waals surface area contributed by atoms with Crippen LogP contribution in [0.5, 0.6) is 0 Å². The first kappa shape index (κ1) is 14.1. The van der Waals surface area contributed by atoms with Crippen LogP contribution in [-0.4, -0.2) is 31.4 Å². The number of hydrogen-bond donors (Lipinski definition) is 2. The van der Waals surface area contributed by atoms with Gasteiger partial charge < -0.3 is 15.5 Å². The fourth-order valence-corrected chi connectivity index (χ4v) is 3.00. The van der Waals surface area contributed by atoms with Crippen molar-refractivity contribution in [1.29, 1.82) is 0 Å². The molecular formula is C16H21N3O2. The van der Waals surface area contributed by atoms with Gasteiger partial charge >= 0.3 is 0 Å². The number of rotatable bonds is 3. The maximum Gasteiger partial charge on any atom is 0.227 e. The summed E-state index contributed by atoms with van der Waals surface area (Å²) in [7, 11) is 0. The first-order chi connectivity index (χ1) is 10.2. The minimum atomic E-state index is 0.0846. The van der Waals surface area contributed by atoms with Gasteiger partial charge in [-0.15, -0.1) is 0 Å². The molecule has 3 rings (SSSR count). The van der Waals surface area contributed by atoms with Crippen LogP contribution in [0, 0.1) is 5.92 Å². The second kappa shape index (κ2) is 6.26. The fourth-order valence-electron chi connectivity index (χ4n) is 3.00. The maximum atomic E-state index is 12.2. The molecule has 1 aromatic rings. The van der Waals surface area contributed by atoms with Gasteiger partial charge in [0.15, 0.2) is 0 Å². The molecule has 0 radical (unpaired) electrons. The van der Waals surface area contributed by atoms with Crippen LogP contribution < -0.4 is 15.5 Å². The van der Waals surface area contributed by atoms with E-state index in [9.17, 15) is 9.59 Å². The van der Waals surface area contributed by atoms with E-state index in [1.807, 2.05) is 24.3 Å². The van der Waals surface area contributed by atoms with Crippen LogP contribution in [0.4, 0.5) is 11.4 Å². The highest BCUT2D eigenvalue weighted by atomic mass is 16.2. The van der Waals surface area contributed by atoms with Gasteiger partial charge in [-0.3, -0.25) is 9.59 Å². The van der Waals surface area contributed by atoms with Crippen molar-refractivity contribution < 1.29 is 9.59 Å². The average molecular weight is 287 g/mol. The van der Waals surface area contributed by atoms with Gasteiger partial charge in [-0.2, -0.15) is 0 Å². The lowest BCUT2D eigenvalue weighted by atomic mass is 9.97. The predicted molar refractivity (Wildman–Crippen MR) is 82.3 cm³/mol. The molecule has 2 aliphatic heterocycles. The molecule has 21 heavy (non-hydrogen) atoms. The monoisotopic (exact) mass is 287 g/mol. The molecule has 2 N–H and O–H groups in total. The molecule has 0 unspecified atom stereocenters. The van der Waals surface area contributed by atoms with Crippen molar-refractivity contribution in [2.24, 2.45) is 5.92 Å². The van der Waals surface area contributed by atoms with E-state index in [0.29, 0.717) is 6.42 Å². The number of nitrogens with zero attached hydrogens (tertiary/aromatic N) is 1. The van der Waals surface area contributed by atoms with Crippen LogP contribution in [0.3, 0.4) is 0 Å². The van der Waals surface area contributed by atoms with E-state index in [-0.39, 0.29) is 17.7 Å². The summed E-state index contributed by atoms with van der Waals surface area (Å²) in [4.78, 5) is 25.8. The van der Waals surface area contributed by atoms with Crippen LogP contribution in [0.1, 0.15) is 25.7 Å². The van der Waals surface area contributed by atoms with Crippen molar-refractivity contribution >= 4 is 23.2 Å². The minimum Gasteiger partial charge on any atom is -0.326 e. The molecule has 2 amide bonds. The maximum absolute atomic E-state index is 12.2. The van der Waals surface area contributed by atoms with Crippen molar-refractivity contribution in [3.05, 3.63) is 24.3 Å². The molecule has 5 nitrogen and oxygen atoms in total. The Hall–Kier alpha value is -1.88. The molecule has 112 valence electrons. The topological polar surface area (TPSA) is 61.4 Å². The number of piperidine rings is 1. The number of nitrogens with one attached hydrogen (secondary N) is 2. The number of carbonyl (C=O) groups excluding carboxylic acids is 2. The SMILES string of the molecule is O=C(Nc1cccc(N2CCCC2=O)c1)C1CCNCC1. The van der Waals surface area contributed by atoms with E-state index in [2.05, 4.69) is 10.6 Å². The number of carbonyl (C=O) groups is 2. The minimum absolute atomic E-state index is 0.0846. The van der Waals surface area contributed by atoms with Crippen LogP contribution in [0.25, 0.3) is 0 Å². The predicted octanol–water partition coefficient (Wildman–Crippen LogP) is 1.75. The van der Waals surface area contributed by atoms with E-state index >= 15 is 0 Å². The lowest BCUT2D eigenvalue weighted by Gasteiger charge is -2.22. The van der Waals surface area contributed by atoms with Crippen molar-refractivity contribution in [1.82, 2.24) is 5.32 Å². The van der Waals surface area contributed by atoms with Crippen LogP contribution in [0.2, 0.25) is 0 Å². The van der Waals surface area contributed by atoms with Crippen molar-refractivity contribution in [3.63, 3.8) is 0 Å². The molecule has 0 saturated carbocycles. The van der Waals surface area contributed by atoms with Gasteiger partial charge in [0.25, 0.3) is 0 Å². The van der Waals surface area contributed by atoms with Gasteiger partial charge in [0.1, 0.15) is 0 Å². The van der Waals surface area contributed by atoms with Gasteiger partial charge in [0.05, 0.1) is 0 Å². The van der Waals surface area contributed by atoms with E-state index in [1.165, 1.54) is 0 Å². The lowest BCUT2D eigenvalue weighted by Crippen LogP contribution is -2.34. The smallest absolute Gasteiger partial charge is 0.227 e. The summed E-state index contributed by atoms with van der Waals surface area (Å²) in [5.41, 5.74) is 1.65. The van der Waals surface area contributed by atoms with E-state index < -0.39 is 0 Å². The van der Waals surface area contributed by atoms with E-state index in [0.717, 1.165) is 50.3 Å². The second-order valence-electron chi connectivity index (χ2n) is 5.71. The molecule has 2 fully saturated rings. The third-order valence-electron chi connectivity index (χ3n) is 4.21. The zero-order chi connectivity index (χ0) is 14.7. The number of benzene rings is 1. The number of anilines is 2. The van der Waals surface area contributed by atoms with Crippen LogP contribution in [0.15, 0.2) is 24.3 Å². The molecule has 0 spiro atoms. The highest BCUT2D eigenvalue weighted by Gasteiger charge is 2.23. The van der Waals surface area contributed by atoms with Crippen molar-refractivity contribution in [2.45, 2.75) is 25.7 Å². The summed E-state index contributed by atoms with van der Waals surface area (Å²) in [6.45, 7) is 2.57. The molecule has 2 saturated heterocycles. The standard InChI is InChI=1S/C16H21N3O2/c20-15-5-2-10-19(15)14-4-1-3-13(11-14)18-16(21)12-6-8-17-9-7-12/h1,3-4,11-12,17H,2,5-10H2,(H,18,21). The first-order valence-corrected chi connectivity index (χ1v) is 7.66. The molecule has 0 bridgehead atoms. The quantitative estimate of drug-likeness (QED) is 0.890. The van der Waals surface area contributed by atoms with Gasteiger partial charge in [0.2, 0.25) is 11.8 Å². The Bertz CT molecular complexity index is 538. The summed E-state index contributed by atoms with van der Waals surface area (Å²) in [5, 5.41) is 6.25. The molecule has 0 atom stereocenters. The highest BCUT2D eigenvalue weighted by Crippen LogP contribution is 2.25. The Kier molecular flexibility index (Phi) is 4.20. The van der Waals surface area contributed by atoms with E-state index in [1.54, 1.807) is 4.90 Å². The summed E-state index contributed by atoms with van der Waals surface area (Å²) < 4.78 is 0. The Morgan fingerprint density at radius 3 is 2.81 bits per heavy atom. The normalized spacial score (nSPS) is 19.8. The molecule has 1 aromatic carbocycles. The second-order valence-corrected chi connectivity index (χ2v) is 5.71. The molecule has 2 aliphatic rings. The fraction of sp³-hybridized carbons (Fsp3) is 0.500. The molecule has 0 aromatic heterocycles. The average Bonchev–Trinajstić information content (AvgIpc) is 2.94. The summed E-state index contributed by atoms with van der Waals surface area (Å²) in [6.07, 6.45) is 3.29. The van der Waals surface area contributed by atoms with Crippen LogP contribution in [-0.2, 0) is 9.59 Å². The number of amides is 2. The van der Waals surface area contributed by atoms with Crippen molar-refractivity contribution in [3.8, 4) is 0 Å². The number of hydrogen-bond acceptors (Lipinski definition) is 3. The zero-order valence-electron chi connectivity index (χ0n) is 12.1. The molecule has 2 heterocycles. The first-order valence-electron chi connectivity index (χ1n) is 7.66. The Labute approximate surface area is 124 Å². The molecule has 0 aliphatic carbocycles. The highest BCUT2D eigenvalue weighted by molar-refractivity contribution is 5.97. The van der Waals surface area contributed by atoms with Crippen LogP contribution >= 0.6 is 0 Å². The largest absolute Gasteiger partial charge is 0.326 e. The summed E-state index contributed by atoms with van der Waals surface area (Å²) in [6, 6.07) is 7.58.